The Hall–Kier alpha value is -1.85. The molecule has 2 rings (SSSR count). The van der Waals surface area contributed by atoms with Crippen molar-refractivity contribution in [2.75, 3.05) is 0 Å². The van der Waals surface area contributed by atoms with Crippen molar-refractivity contribution in [1.29, 1.82) is 0 Å². The molecule has 0 fully saturated rings. The van der Waals surface area contributed by atoms with Crippen LogP contribution in [0.15, 0.2) is 12.4 Å². The molecule has 0 unspecified atom stereocenters. The standard InChI is InChI=1S/C8H10N6/c1-5(2)6-3-9-7(10-4-6)8-11-13-14-12-8/h3-5H,1-2H3,(H,11,12,13,14). The van der Waals surface area contributed by atoms with Gasteiger partial charge in [0, 0.05) is 12.4 Å². The van der Waals surface area contributed by atoms with Gasteiger partial charge in [-0.1, -0.05) is 13.8 Å². The normalized spacial score (nSPS) is 10.8. The van der Waals surface area contributed by atoms with Crippen molar-refractivity contribution in [1.82, 2.24) is 30.6 Å². The third-order valence-electron chi connectivity index (χ3n) is 1.88. The van der Waals surface area contributed by atoms with Gasteiger partial charge in [-0.25, -0.2) is 9.97 Å². The lowest BCUT2D eigenvalue weighted by Gasteiger charge is -2.02. The van der Waals surface area contributed by atoms with Gasteiger partial charge in [-0.3, -0.25) is 0 Å². The molecule has 0 aliphatic heterocycles. The number of rotatable bonds is 2. The molecule has 2 aromatic rings. The highest BCUT2D eigenvalue weighted by Gasteiger charge is 2.06. The predicted molar refractivity (Wildman–Crippen MR) is 49.3 cm³/mol. The summed E-state index contributed by atoms with van der Waals surface area (Å²) in [4.78, 5) is 8.29. The fourth-order valence-corrected chi connectivity index (χ4v) is 1.01. The molecule has 0 radical (unpaired) electrons. The third kappa shape index (κ3) is 1.59. The predicted octanol–water partition coefficient (Wildman–Crippen LogP) is 0.780. The first-order valence-corrected chi connectivity index (χ1v) is 4.33. The van der Waals surface area contributed by atoms with Gasteiger partial charge in [-0.05, 0) is 16.7 Å². The van der Waals surface area contributed by atoms with Gasteiger partial charge in [0.15, 0.2) is 0 Å². The summed E-state index contributed by atoms with van der Waals surface area (Å²) in [6, 6.07) is 0. The van der Waals surface area contributed by atoms with E-state index in [1.165, 1.54) is 0 Å². The molecule has 6 heteroatoms. The van der Waals surface area contributed by atoms with Crippen molar-refractivity contribution in [3.63, 3.8) is 0 Å². The lowest BCUT2D eigenvalue weighted by Crippen LogP contribution is -1.95. The number of aromatic nitrogens is 6. The van der Waals surface area contributed by atoms with Crippen LogP contribution in [-0.2, 0) is 0 Å². The van der Waals surface area contributed by atoms with Gasteiger partial charge in [0.25, 0.3) is 0 Å². The minimum Gasteiger partial charge on any atom is -0.233 e. The van der Waals surface area contributed by atoms with E-state index in [1.807, 2.05) is 0 Å². The van der Waals surface area contributed by atoms with E-state index in [1.54, 1.807) is 12.4 Å². The van der Waals surface area contributed by atoms with Gasteiger partial charge >= 0.3 is 0 Å². The Morgan fingerprint density at radius 1 is 1.14 bits per heavy atom. The molecule has 72 valence electrons. The molecule has 0 spiro atoms. The van der Waals surface area contributed by atoms with Gasteiger partial charge < -0.3 is 0 Å². The van der Waals surface area contributed by atoms with Gasteiger partial charge in [0.05, 0.1) is 0 Å². The number of hydrogen-bond acceptors (Lipinski definition) is 5. The average Bonchev–Trinajstić information content (AvgIpc) is 2.71. The maximum atomic E-state index is 4.15. The first-order chi connectivity index (χ1) is 6.77. The molecule has 0 amide bonds. The highest BCUT2D eigenvalue weighted by molar-refractivity contribution is 5.40. The van der Waals surface area contributed by atoms with Crippen molar-refractivity contribution in [2.45, 2.75) is 19.8 Å². The zero-order chi connectivity index (χ0) is 9.97. The Morgan fingerprint density at radius 3 is 2.36 bits per heavy atom. The topological polar surface area (TPSA) is 80.2 Å². The second-order valence-electron chi connectivity index (χ2n) is 3.23. The molecule has 0 saturated heterocycles. The fourth-order valence-electron chi connectivity index (χ4n) is 1.01. The SMILES string of the molecule is CC(C)c1cnc(-c2nn[nH]n2)nc1. The van der Waals surface area contributed by atoms with Crippen molar-refractivity contribution in [3.05, 3.63) is 18.0 Å². The lowest BCUT2D eigenvalue weighted by atomic mass is 10.1. The van der Waals surface area contributed by atoms with Crippen LogP contribution in [-0.4, -0.2) is 30.6 Å². The van der Waals surface area contributed by atoms with Crippen LogP contribution in [0.4, 0.5) is 0 Å². The van der Waals surface area contributed by atoms with E-state index < -0.39 is 0 Å². The molecule has 14 heavy (non-hydrogen) atoms. The van der Waals surface area contributed by atoms with E-state index in [-0.39, 0.29) is 0 Å². The molecular formula is C8H10N6. The second kappa shape index (κ2) is 3.49. The van der Waals surface area contributed by atoms with Gasteiger partial charge in [-0.2, -0.15) is 5.21 Å². The molecule has 6 nitrogen and oxygen atoms in total. The molecular weight excluding hydrogens is 180 g/mol. The number of nitrogens with one attached hydrogen (secondary N) is 1. The minimum absolute atomic E-state index is 0.417. The highest BCUT2D eigenvalue weighted by Crippen LogP contribution is 2.13. The van der Waals surface area contributed by atoms with Crippen LogP contribution in [0.3, 0.4) is 0 Å². The largest absolute Gasteiger partial charge is 0.241 e. The quantitative estimate of drug-likeness (QED) is 0.756. The van der Waals surface area contributed by atoms with E-state index in [0.717, 1.165) is 5.56 Å². The van der Waals surface area contributed by atoms with Crippen molar-refractivity contribution in [3.8, 4) is 11.6 Å². The van der Waals surface area contributed by atoms with Crippen LogP contribution in [0.2, 0.25) is 0 Å². The molecule has 0 aliphatic rings. The maximum Gasteiger partial charge on any atom is 0.241 e. The van der Waals surface area contributed by atoms with Crippen molar-refractivity contribution in [2.24, 2.45) is 0 Å². The summed E-state index contributed by atoms with van der Waals surface area (Å²) in [7, 11) is 0. The number of hydrogen-bond donors (Lipinski definition) is 1. The summed E-state index contributed by atoms with van der Waals surface area (Å²) in [6.07, 6.45) is 3.56. The van der Waals surface area contributed by atoms with Crippen LogP contribution in [0.5, 0.6) is 0 Å². The van der Waals surface area contributed by atoms with Gasteiger partial charge in [0.2, 0.25) is 11.6 Å². The minimum atomic E-state index is 0.417. The molecule has 1 N–H and O–H groups in total. The zero-order valence-corrected chi connectivity index (χ0v) is 7.97. The van der Waals surface area contributed by atoms with Crippen molar-refractivity contribution >= 4 is 0 Å². The Bertz CT molecular complexity index is 390. The average molecular weight is 190 g/mol. The van der Waals surface area contributed by atoms with Crippen LogP contribution >= 0.6 is 0 Å². The molecule has 0 aromatic carbocycles. The van der Waals surface area contributed by atoms with Crippen LogP contribution in [0, 0.1) is 0 Å². The maximum absolute atomic E-state index is 4.15. The van der Waals surface area contributed by atoms with Crippen LogP contribution in [0.25, 0.3) is 11.6 Å². The van der Waals surface area contributed by atoms with E-state index in [9.17, 15) is 0 Å². The monoisotopic (exact) mass is 190 g/mol. The molecule has 2 heterocycles. The van der Waals surface area contributed by atoms with E-state index in [2.05, 4.69) is 44.4 Å². The number of tetrazole rings is 1. The van der Waals surface area contributed by atoms with Crippen molar-refractivity contribution < 1.29 is 0 Å². The molecule has 0 bridgehead atoms. The number of H-pyrrole nitrogens is 1. The number of nitrogens with zero attached hydrogens (tertiary/aromatic N) is 5. The lowest BCUT2D eigenvalue weighted by molar-refractivity contribution is 0.845. The Labute approximate surface area is 80.8 Å². The summed E-state index contributed by atoms with van der Waals surface area (Å²) >= 11 is 0. The number of aromatic amines is 1. The smallest absolute Gasteiger partial charge is 0.233 e. The summed E-state index contributed by atoms with van der Waals surface area (Å²) < 4.78 is 0. The summed E-state index contributed by atoms with van der Waals surface area (Å²) in [5.41, 5.74) is 1.09. The van der Waals surface area contributed by atoms with E-state index >= 15 is 0 Å². The zero-order valence-electron chi connectivity index (χ0n) is 7.97. The van der Waals surface area contributed by atoms with Crippen LogP contribution in [0.1, 0.15) is 25.3 Å². The highest BCUT2D eigenvalue weighted by atomic mass is 15.5. The molecule has 0 aliphatic carbocycles. The Morgan fingerprint density at radius 2 is 1.86 bits per heavy atom. The fraction of sp³-hybridized carbons (Fsp3) is 0.375. The Balaban J connectivity index is 2.31. The summed E-state index contributed by atoms with van der Waals surface area (Å²) in [5, 5.41) is 13.4. The van der Waals surface area contributed by atoms with E-state index in [0.29, 0.717) is 17.6 Å². The Kier molecular flexibility index (Phi) is 2.18. The molecule has 0 atom stereocenters. The summed E-state index contributed by atoms with van der Waals surface area (Å²) in [5.74, 6) is 1.33. The second-order valence-corrected chi connectivity index (χ2v) is 3.23. The molecule has 0 saturated carbocycles. The third-order valence-corrected chi connectivity index (χ3v) is 1.88. The first-order valence-electron chi connectivity index (χ1n) is 4.33. The van der Waals surface area contributed by atoms with Gasteiger partial charge in [0.1, 0.15) is 0 Å². The summed E-state index contributed by atoms with van der Waals surface area (Å²) in [6.45, 7) is 4.18. The van der Waals surface area contributed by atoms with Crippen LogP contribution < -0.4 is 0 Å². The first kappa shape index (κ1) is 8.74. The van der Waals surface area contributed by atoms with E-state index in [4.69, 9.17) is 0 Å². The molecule has 2 aromatic heterocycles. The van der Waals surface area contributed by atoms with Gasteiger partial charge in [-0.15, -0.1) is 10.2 Å².